The van der Waals surface area contributed by atoms with Gasteiger partial charge in [0.15, 0.2) is 5.82 Å². The molecule has 2 aromatic rings. The van der Waals surface area contributed by atoms with Gasteiger partial charge in [0.05, 0.1) is 18.2 Å². The molecule has 0 bridgehead atoms. The zero-order chi connectivity index (χ0) is 16.1. The lowest BCUT2D eigenvalue weighted by Crippen LogP contribution is -2.38. The molecule has 1 heterocycles. The fourth-order valence-electron chi connectivity index (χ4n) is 2.45. The van der Waals surface area contributed by atoms with E-state index in [4.69, 9.17) is 0 Å². The number of carbonyl (C=O) groups excluding carboxylic acids is 1. The number of para-hydroxylation sites is 1. The van der Waals surface area contributed by atoms with Crippen LogP contribution >= 0.6 is 0 Å². The summed E-state index contributed by atoms with van der Waals surface area (Å²) in [6.45, 7) is 4.01. The van der Waals surface area contributed by atoms with Crippen LogP contribution in [0.4, 0.5) is 4.39 Å². The quantitative estimate of drug-likeness (QED) is 0.733. The molecule has 1 aromatic heterocycles. The number of imidazole rings is 1. The zero-order valence-corrected chi connectivity index (χ0v) is 12.9. The molecule has 1 aromatic carbocycles. The predicted molar refractivity (Wildman–Crippen MR) is 82.8 cm³/mol. The highest BCUT2D eigenvalue weighted by atomic mass is 19.1. The lowest BCUT2D eigenvalue weighted by atomic mass is 10.0. The highest BCUT2D eigenvalue weighted by molar-refractivity contribution is 5.77. The van der Waals surface area contributed by atoms with Crippen LogP contribution < -0.4 is 5.32 Å². The van der Waals surface area contributed by atoms with Crippen molar-refractivity contribution in [1.29, 1.82) is 0 Å². The second kappa shape index (κ2) is 7.35. The van der Waals surface area contributed by atoms with Crippen molar-refractivity contribution in [3.63, 3.8) is 0 Å². The van der Waals surface area contributed by atoms with Gasteiger partial charge in [-0.15, -0.1) is 0 Å². The Bertz CT molecular complexity index is 639. The summed E-state index contributed by atoms with van der Waals surface area (Å²) >= 11 is 0. The van der Waals surface area contributed by atoms with Crippen molar-refractivity contribution in [1.82, 2.24) is 15.3 Å². The standard InChI is InChI=1S/C16H22FN3O2/c1-10(2)8-11(9-21)18-15(22)7-6-14-19-13-5-3-4-12(17)16(13)20-14/h3-5,10-11,21H,6-9H2,1-2H3,(H,18,22)(H,19,20). The first kappa shape index (κ1) is 16.4. The maximum atomic E-state index is 13.5. The summed E-state index contributed by atoms with van der Waals surface area (Å²) in [7, 11) is 0. The van der Waals surface area contributed by atoms with Gasteiger partial charge in [0.25, 0.3) is 0 Å². The number of hydrogen-bond acceptors (Lipinski definition) is 3. The Morgan fingerprint density at radius 3 is 2.86 bits per heavy atom. The lowest BCUT2D eigenvalue weighted by molar-refractivity contribution is -0.122. The molecule has 0 fully saturated rings. The minimum atomic E-state index is -0.373. The number of aryl methyl sites for hydroxylation is 1. The third-order valence-electron chi connectivity index (χ3n) is 3.44. The summed E-state index contributed by atoms with van der Waals surface area (Å²) in [6.07, 6.45) is 1.38. The number of carbonyl (C=O) groups is 1. The van der Waals surface area contributed by atoms with Crippen molar-refractivity contribution in [2.45, 2.75) is 39.2 Å². The molecule has 0 saturated carbocycles. The molecular formula is C16H22FN3O2. The number of H-pyrrole nitrogens is 1. The summed E-state index contributed by atoms with van der Waals surface area (Å²) < 4.78 is 13.5. The van der Waals surface area contributed by atoms with E-state index in [0.717, 1.165) is 6.42 Å². The Labute approximate surface area is 128 Å². The van der Waals surface area contributed by atoms with Crippen LogP contribution in [-0.4, -0.2) is 33.6 Å². The van der Waals surface area contributed by atoms with Crippen LogP contribution in [0.3, 0.4) is 0 Å². The van der Waals surface area contributed by atoms with E-state index in [1.165, 1.54) is 6.07 Å². The molecule has 0 aliphatic rings. The molecule has 6 heteroatoms. The van der Waals surface area contributed by atoms with Gasteiger partial charge in [0, 0.05) is 12.8 Å². The molecule has 0 saturated heterocycles. The number of fused-ring (bicyclic) bond motifs is 1. The number of rotatable bonds is 7. The average Bonchev–Trinajstić information content (AvgIpc) is 2.88. The van der Waals surface area contributed by atoms with Crippen LogP contribution in [0.2, 0.25) is 0 Å². The number of aromatic nitrogens is 2. The number of aliphatic hydroxyl groups is 1. The summed E-state index contributed by atoms with van der Waals surface area (Å²) in [5.41, 5.74) is 0.925. The van der Waals surface area contributed by atoms with Crippen molar-refractivity contribution in [3.8, 4) is 0 Å². The average molecular weight is 307 g/mol. The second-order valence-electron chi connectivity index (χ2n) is 5.90. The summed E-state index contributed by atoms with van der Waals surface area (Å²) in [5, 5.41) is 12.1. The van der Waals surface area contributed by atoms with Gasteiger partial charge >= 0.3 is 0 Å². The van der Waals surface area contributed by atoms with E-state index in [0.29, 0.717) is 29.2 Å². The monoisotopic (exact) mass is 307 g/mol. The molecule has 1 unspecified atom stereocenters. The zero-order valence-electron chi connectivity index (χ0n) is 12.9. The van der Waals surface area contributed by atoms with Gasteiger partial charge in [-0.2, -0.15) is 0 Å². The molecule has 5 nitrogen and oxygen atoms in total. The van der Waals surface area contributed by atoms with Gasteiger partial charge in [0.2, 0.25) is 5.91 Å². The molecule has 0 aliphatic carbocycles. The third-order valence-corrected chi connectivity index (χ3v) is 3.44. The number of nitrogens with zero attached hydrogens (tertiary/aromatic N) is 1. The maximum absolute atomic E-state index is 13.5. The van der Waals surface area contributed by atoms with E-state index in [1.807, 2.05) is 13.8 Å². The fourth-order valence-corrected chi connectivity index (χ4v) is 2.45. The molecule has 3 N–H and O–H groups in total. The van der Waals surface area contributed by atoms with Crippen LogP contribution in [0, 0.1) is 11.7 Å². The number of hydrogen-bond donors (Lipinski definition) is 3. The van der Waals surface area contributed by atoms with E-state index in [2.05, 4.69) is 15.3 Å². The van der Waals surface area contributed by atoms with Crippen LogP contribution in [0.1, 0.15) is 32.5 Å². The van der Waals surface area contributed by atoms with E-state index in [-0.39, 0.29) is 30.8 Å². The van der Waals surface area contributed by atoms with Crippen molar-refractivity contribution >= 4 is 16.9 Å². The highest BCUT2D eigenvalue weighted by Gasteiger charge is 2.14. The van der Waals surface area contributed by atoms with Crippen molar-refractivity contribution in [3.05, 3.63) is 29.8 Å². The Balaban J connectivity index is 1.91. The van der Waals surface area contributed by atoms with Crippen LogP contribution in [0.15, 0.2) is 18.2 Å². The Morgan fingerprint density at radius 1 is 1.45 bits per heavy atom. The first-order chi connectivity index (χ1) is 10.5. The van der Waals surface area contributed by atoms with Gasteiger partial charge in [-0.05, 0) is 24.5 Å². The number of aromatic amines is 1. The number of halogens is 1. The smallest absolute Gasteiger partial charge is 0.220 e. The van der Waals surface area contributed by atoms with Crippen molar-refractivity contribution < 1.29 is 14.3 Å². The third kappa shape index (κ3) is 4.27. The van der Waals surface area contributed by atoms with Gasteiger partial charge in [-0.25, -0.2) is 9.37 Å². The number of amides is 1. The van der Waals surface area contributed by atoms with E-state index >= 15 is 0 Å². The molecule has 0 aliphatic heterocycles. The first-order valence-electron chi connectivity index (χ1n) is 7.53. The van der Waals surface area contributed by atoms with E-state index < -0.39 is 0 Å². The number of benzene rings is 1. The summed E-state index contributed by atoms with van der Waals surface area (Å²) in [6, 6.07) is 4.50. The van der Waals surface area contributed by atoms with Crippen molar-refractivity contribution in [2.24, 2.45) is 5.92 Å². The largest absolute Gasteiger partial charge is 0.394 e. The van der Waals surface area contributed by atoms with E-state index in [9.17, 15) is 14.3 Å². The molecule has 1 amide bonds. The molecule has 1 atom stereocenters. The van der Waals surface area contributed by atoms with E-state index in [1.54, 1.807) is 12.1 Å². The maximum Gasteiger partial charge on any atom is 0.220 e. The Kier molecular flexibility index (Phi) is 5.49. The van der Waals surface area contributed by atoms with Crippen LogP contribution in [0.25, 0.3) is 11.0 Å². The van der Waals surface area contributed by atoms with Crippen molar-refractivity contribution in [2.75, 3.05) is 6.61 Å². The highest BCUT2D eigenvalue weighted by Crippen LogP contribution is 2.15. The molecule has 120 valence electrons. The van der Waals surface area contributed by atoms with Crippen LogP contribution in [0.5, 0.6) is 0 Å². The lowest BCUT2D eigenvalue weighted by Gasteiger charge is -2.18. The molecule has 0 radical (unpaired) electrons. The second-order valence-corrected chi connectivity index (χ2v) is 5.90. The number of nitrogens with one attached hydrogen (secondary N) is 2. The predicted octanol–water partition coefficient (Wildman–Crippen LogP) is 2.16. The molecule has 2 rings (SSSR count). The summed E-state index contributed by atoms with van der Waals surface area (Å²) in [5.74, 6) is 0.470. The minimum Gasteiger partial charge on any atom is -0.394 e. The van der Waals surface area contributed by atoms with Gasteiger partial charge < -0.3 is 15.4 Å². The minimum absolute atomic E-state index is 0.0697. The normalized spacial score (nSPS) is 12.8. The fraction of sp³-hybridized carbons (Fsp3) is 0.500. The Morgan fingerprint density at radius 2 is 2.23 bits per heavy atom. The van der Waals surface area contributed by atoms with Crippen LogP contribution in [-0.2, 0) is 11.2 Å². The first-order valence-corrected chi connectivity index (χ1v) is 7.53. The SMILES string of the molecule is CC(C)CC(CO)NC(=O)CCc1nc2c(F)cccc2[nH]1. The summed E-state index contributed by atoms with van der Waals surface area (Å²) in [4.78, 5) is 19.1. The Hall–Kier alpha value is -1.95. The van der Waals surface area contributed by atoms with Gasteiger partial charge in [0.1, 0.15) is 11.3 Å². The number of aliphatic hydroxyl groups excluding tert-OH is 1. The molecule has 22 heavy (non-hydrogen) atoms. The topological polar surface area (TPSA) is 78.0 Å². The van der Waals surface area contributed by atoms with Gasteiger partial charge in [-0.3, -0.25) is 4.79 Å². The molecular weight excluding hydrogens is 285 g/mol. The van der Waals surface area contributed by atoms with Gasteiger partial charge in [-0.1, -0.05) is 19.9 Å². The molecule has 0 spiro atoms.